The Morgan fingerprint density at radius 1 is 1.04 bits per heavy atom. The number of nitrogens with zero attached hydrogens (tertiary/aromatic N) is 1. The molecule has 3 N–H and O–H groups in total. The van der Waals surface area contributed by atoms with Gasteiger partial charge in [0, 0.05) is 21.3 Å². The molecule has 1 aliphatic rings. The smallest absolute Gasteiger partial charge is 0.338 e. The van der Waals surface area contributed by atoms with Gasteiger partial charge in [0.25, 0.3) is 5.91 Å². The molecule has 12 heteroatoms. The van der Waals surface area contributed by atoms with E-state index in [1.165, 1.54) is 6.21 Å². The summed E-state index contributed by atoms with van der Waals surface area (Å²) >= 11 is 8.79. The first-order chi connectivity index (χ1) is 22.7. The van der Waals surface area contributed by atoms with Crippen molar-refractivity contribution in [1.29, 1.82) is 0 Å². The molecule has 0 radical (unpaired) electrons. The van der Waals surface area contributed by atoms with E-state index in [0.717, 1.165) is 15.6 Å². The molecule has 1 aliphatic heterocycles. The highest BCUT2D eigenvalue weighted by Gasteiger charge is 2.32. The molecule has 0 aromatic heterocycles. The summed E-state index contributed by atoms with van der Waals surface area (Å²) in [6.45, 7) is 9.97. The predicted octanol–water partition coefficient (Wildman–Crippen LogP) is 6.04. The topological polar surface area (TPSA) is 120 Å². The van der Waals surface area contributed by atoms with Crippen LogP contribution in [0, 0.1) is 0 Å². The standard InChI is InChI=1S/C35H37BrN4O6S/c1-5-10-25-17-24(18-29(43-6-2)33(25)46-20-23-13-15-26(36)16-14-23)19-37-40-30(41)21-45-28-12-9-8-11-27(28)32-31(34(42)44-7-3)22(4)38-35(47)39-32/h5,8-9,11-19,32H,1,6-7,10,20-21H2,2-4H3,(H,40,41)(H2,38,39,47)/t32-/m1/s1. The molecule has 0 unspecified atom stereocenters. The van der Waals surface area contributed by atoms with Gasteiger partial charge in [0.2, 0.25) is 0 Å². The fraction of sp³-hybridized carbons (Fsp3) is 0.257. The molecule has 3 aromatic rings. The fourth-order valence-corrected chi connectivity index (χ4v) is 5.37. The van der Waals surface area contributed by atoms with E-state index in [9.17, 15) is 9.59 Å². The molecule has 1 amide bonds. The van der Waals surface area contributed by atoms with Crippen molar-refractivity contribution in [1.82, 2.24) is 16.1 Å². The van der Waals surface area contributed by atoms with Gasteiger partial charge in [-0.25, -0.2) is 10.2 Å². The van der Waals surface area contributed by atoms with Gasteiger partial charge in [-0.1, -0.05) is 52.3 Å². The summed E-state index contributed by atoms with van der Waals surface area (Å²) in [5, 5.41) is 10.6. The molecular formula is C35H37BrN4O6S. The number of nitrogens with one attached hydrogen (secondary N) is 3. The molecule has 246 valence electrons. The number of ether oxygens (including phenoxy) is 4. The highest BCUT2D eigenvalue weighted by Crippen LogP contribution is 2.35. The SMILES string of the molecule is C=CCc1cc(C=NNC(=O)COc2ccccc2[C@H]2NC(=S)NC(C)=C2C(=O)OCC)cc(OCC)c1OCc1ccc(Br)cc1. The van der Waals surface area contributed by atoms with Crippen LogP contribution >= 0.6 is 28.1 Å². The average Bonchev–Trinajstić information content (AvgIpc) is 3.04. The minimum Gasteiger partial charge on any atom is -0.490 e. The Morgan fingerprint density at radius 2 is 1.81 bits per heavy atom. The highest BCUT2D eigenvalue weighted by molar-refractivity contribution is 9.10. The third kappa shape index (κ3) is 9.66. The number of esters is 1. The second-order valence-corrected chi connectivity index (χ2v) is 11.6. The summed E-state index contributed by atoms with van der Waals surface area (Å²) in [6.07, 6.45) is 3.86. The molecule has 1 atom stereocenters. The van der Waals surface area contributed by atoms with E-state index < -0.39 is 17.9 Å². The second-order valence-electron chi connectivity index (χ2n) is 10.3. The van der Waals surface area contributed by atoms with E-state index in [4.69, 9.17) is 31.2 Å². The number of hydrogen-bond donors (Lipinski definition) is 3. The molecule has 4 rings (SSSR count). The summed E-state index contributed by atoms with van der Waals surface area (Å²) in [7, 11) is 0. The first kappa shape index (κ1) is 35.2. The number of hydrazone groups is 1. The van der Waals surface area contributed by atoms with Crippen LogP contribution in [0.25, 0.3) is 0 Å². The predicted molar refractivity (Wildman–Crippen MR) is 189 cm³/mol. The van der Waals surface area contributed by atoms with Gasteiger partial charge in [0.15, 0.2) is 23.2 Å². The van der Waals surface area contributed by atoms with Crippen molar-refractivity contribution in [2.45, 2.75) is 39.8 Å². The lowest BCUT2D eigenvalue weighted by Gasteiger charge is -2.30. The van der Waals surface area contributed by atoms with Crippen molar-refractivity contribution in [2.75, 3.05) is 19.8 Å². The van der Waals surface area contributed by atoms with Crippen LogP contribution in [0.1, 0.15) is 49.1 Å². The first-order valence-corrected chi connectivity index (χ1v) is 16.2. The van der Waals surface area contributed by atoms with Gasteiger partial charge in [-0.2, -0.15) is 5.10 Å². The molecule has 0 saturated carbocycles. The van der Waals surface area contributed by atoms with Crippen molar-refractivity contribution in [3.05, 3.63) is 111 Å². The number of carbonyl (C=O) groups is 2. The Balaban J connectivity index is 1.45. The molecule has 3 aromatic carbocycles. The third-order valence-corrected chi connectivity index (χ3v) is 7.62. The van der Waals surface area contributed by atoms with Gasteiger partial charge >= 0.3 is 5.97 Å². The summed E-state index contributed by atoms with van der Waals surface area (Å²) in [5.74, 6) is 0.634. The Hall–Kier alpha value is -4.68. The summed E-state index contributed by atoms with van der Waals surface area (Å²) in [5.41, 5.74) is 6.66. The van der Waals surface area contributed by atoms with Gasteiger partial charge in [-0.05, 0) is 80.9 Å². The fourth-order valence-electron chi connectivity index (χ4n) is 4.84. The van der Waals surface area contributed by atoms with Crippen molar-refractivity contribution in [3.8, 4) is 17.2 Å². The van der Waals surface area contributed by atoms with Gasteiger partial charge in [0.05, 0.1) is 31.0 Å². The number of hydrogen-bond acceptors (Lipinski definition) is 8. The van der Waals surface area contributed by atoms with Crippen molar-refractivity contribution >= 4 is 51.4 Å². The molecule has 0 fully saturated rings. The Labute approximate surface area is 288 Å². The van der Waals surface area contributed by atoms with Crippen molar-refractivity contribution < 1.29 is 28.5 Å². The van der Waals surface area contributed by atoms with E-state index in [-0.39, 0.29) is 13.2 Å². The van der Waals surface area contributed by atoms with E-state index >= 15 is 0 Å². The lowest BCUT2D eigenvalue weighted by atomic mass is 9.95. The monoisotopic (exact) mass is 720 g/mol. The van der Waals surface area contributed by atoms with Crippen molar-refractivity contribution in [2.24, 2.45) is 5.10 Å². The number of benzene rings is 3. The number of para-hydroxylation sites is 1. The van der Waals surface area contributed by atoms with Crippen LogP contribution in [0.15, 0.2) is 94.2 Å². The largest absolute Gasteiger partial charge is 0.490 e. The maximum atomic E-state index is 12.8. The first-order valence-electron chi connectivity index (χ1n) is 15.0. The van der Waals surface area contributed by atoms with Crippen molar-refractivity contribution in [3.63, 3.8) is 0 Å². The quantitative estimate of drug-likeness (QED) is 0.0568. The van der Waals surface area contributed by atoms with E-state index in [2.05, 4.69) is 43.7 Å². The van der Waals surface area contributed by atoms with E-state index in [1.54, 1.807) is 38.1 Å². The highest BCUT2D eigenvalue weighted by atomic mass is 79.9. The minimum atomic E-state index is -0.633. The number of amides is 1. The third-order valence-electron chi connectivity index (χ3n) is 6.87. The second kappa shape index (κ2) is 17.3. The van der Waals surface area contributed by atoms with Crippen LogP contribution in [0.5, 0.6) is 17.2 Å². The Morgan fingerprint density at radius 3 is 2.53 bits per heavy atom. The van der Waals surface area contributed by atoms with Gasteiger partial charge in [-0.15, -0.1) is 6.58 Å². The normalized spacial score (nSPS) is 14.2. The number of halogens is 1. The van der Waals surface area contributed by atoms with Gasteiger partial charge in [-0.3, -0.25) is 4.79 Å². The molecule has 1 heterocycles. The summed E-state index contributed by atoms with van der Waals surface area (Å²) < 4.78 is 24.3. The molecule has 0 bridgehead atoms. The summed E-state index contributed by atoms with van der Waals surface area (Å²) in [6, 6.07) is 18.1. The molecule has 0 aliphatic carbocycles. The van der Waals surface area contributed by atoms with Crippen LogP contribution in [0.4, 0.5) is 0 Å². The average molecular weight is 722 g/mol. The Kier molecular flexibility index (Phi) is 12.9. The number of allylic oxidation sites excluding steroid dienone is 2. The van der Waals surface area contributed by atoms with Crippen LogP contribution in [-0.4, -0.2) is 43.0 Å². The lowest BCUT2D eigenvalue weighted by molar-refractivity contribution is -0.139. The number of rotatable bonds is 15. The Bertz CT molecular complexity index is 1670. The van der Waals surface area contributed by atoms with E-state index in [0.29, 0.717) is 64.4 Å². The van der Waals surface area contributed by atoms with Crippen LogP contribution in [-0.2, 0) is 27.4 Å². The number of carbonyl (C=O) groups excluding carboxylic acids is 2. The molecule has 47 heavy (non-hydrogen) atoms. The zero-order valence-electron chi connectivity index (χ0n) is 26.4. The lowest BCUT2D eigenvalue weighted by Crippen LogP contribution is -2.45. The maximum absolute atomic E-state index is 12.8. The molecule has 0 saturated heterocycles. The zero-order valence-corrected chi connectivity index (χ0v) is 28.8. The summed E-state index contributed by atoms with van der Waals surface area (Å²) in [4.78, 5) is 25.6. The maximum Gasteiger partial charge on any atom is 0.338 e. The van der Waals surface area contributed by atoms with Crippen LogP contribution < -0.4 is 30.3 Å². The minimum absolute atomic E-state index is 0.221. The van der Waals surface area contributed by atoms with Crippen LogP contribution in [0.2, 0.25) is 0 Å². The van der Waals surface area contributed by atoms with E-state index in [1.807, 2.05) is 49.4 Å². The molecule has 10 nitrogen and oxygen atoms in total. The van der Waals surface area contributed by atoms with Gasteiger partial charge in [0.1, 0.15) is 12.4 Å². The van der Waals surface area contributed by atoms with Crippen LogP contribution in [0.3, 0.4) is 0 Å². The number of thiocarbonyl (C=S) groups is 1. The molecule has 0 spiro atoms. The molecular weight excluding hydrogens is 684 g/mol. The zero-order chi connectivity index (χ0) is 33.8. The van der Waals surface area contributed by atoms with Gasteiger partial charge < -0.3 is 29.6 Å².